The van der Waals surface area contributed by atoms with Crippen molar-refractivity contribution >= 4 is 174 Å². The Labute approximate surface area is 748 Å². The number of aromatic nitrogens is 6. The SMILES string of the molecule is c1ccc(-c2ccc3c4ccc(-c5cccc(-n6c7ccccc7c7cc8ccn(-c9ccccc9)c8cc76)c5)cc4c4ccccc4c3c2)cc1.c1ccc(-n2ccc3cc4c5ccccc5n(-c5ccc(-c6ccc7c(ccc8ccccc87)c6)cc5)c4cc32)cc1.c1ccc(-n2ccc3cc4c5ccccc5n(-c5ccc6c(ccc7ccccc76)c5)c4cc32)cc1. The summed E-state index contributed by atoms with van der Waals surface area (Å²) >= 11 is 0. The minimum absolute atomic E-state index is 1.15. The molecule has 0 aliphatic rings. The van der Waals surface area contributed by atoms with Crippen molar-refractivity contribution in [3.05, 3.63) is 486 Å². The Hall–Kier alpha value is -17.3. The summed E-state index contributed by atoms with van der Waals surface area (Å²) in [6.07, 6.45) is 6.53. The van der Waals surface area contributed by atoms with E-state index in [1.807, 2.05) is 0 Å². The molecule has 0 fully saturated rings. The first-order valence-electron chi connectivity index (χ1n) is 44.7. The zero-order valence-corrected chi connectivity index (χ0v) is 70.9. The van der Waals surface area contributed by atoms with Crippen molar-refractivity contribution in [1.29, 1.82) is 0 Å². The van der Waals surface area contributed by atoms with E-state index in [9.17, 15) is 0 Å². The molecule has 0 bridgehead atoms. The topological polar surface area (TPSA) is 29.6 Å². The van der Waals surface area contributed by atoms with Crippen LogP contribution in [0.5, 0.6) is 0 Å². The third-order valence-electron chi connectivity index (χ3n) is 27.1. The summed E-state index contributed by atoms with van der Waals surface area (Å²) in [4.78, 5) is 0. The van der Waals surface area contributed by atoms with Gasteiger partial charge in [-0.3, -0.25) is 0 Å². The number of benzene rings is 22. The van der Waals surface area contributed by atoms with E-state index in [1.54, 1.807) is 0 Å². The predicted molar refractivity (Wildman–Crippen MR) is 552 cm³/mol. The van der Waals surface area contributed by atoms with Gasteiger partial charge in [0.05, 0.1) is 49.7 Å². The van der Waals surface area contributed by atoms with Gasteiger partial charge in [0.25, 0.3) is 0 Å². The summed E-state index contributed by atoms with van der Waals surface area (Å²) in [6.45, 7) is 0. The van der Waals surface area contributed by atoms with Crippen molar-refractivity contribution in [2.45, 2.75) is 0 Å². The second-order valence-corrected chi connectivity index (χ2v) is 34.4. The highest BCUT2D eigenvalue weighted by Crippen LogP contribution is 2.45. The lowest BCUT2D eigenvalue weighted by Gasteiger charge is -2.14. The molecule has 6 aromatic heterocycles. The normalized spacial score (nSPS) is 11.8. The van der Waals surface area contributed by atoms with Gasteiger partial charge in [0, 0.05) is 101 Å². The Kier molecular flexibility index (Phi) is 17.2. The molecule has 0 aliphatic heterocycles. The van der Waals surface area contributed by atoms with E-state index in [0.29, 0.717) is 0 Å². The Morgan fingerprint density at radius 2 is 0.400 bits per heavy atom. The van der Waals surface area contributed by atoms with Crippen LogP contribution in [0.15, 0.2) is 486 Å². The second kappa shape index (κ2) is 30.2. The van der Waals surface area contributed by atoms with E-state index in [4.69, 9.17) is 0 Å². The molecule has 0 saturated carbocycles. The van der Waals surface area contributed by atoms with Crippen molar-refractivity contribution in [1.82, 2.24) is 27.4 Å². The molecule has 0 aliphatic carbocycles. The quantitative estimate of drug-likeness (QED) is 0.129. The van der Waals surface area contributed by atoms with Crippen molar-refractivity contribution in [3.8, 4) is 67.5 Å². The van der Waals surface area contributed by atoms with Crippen molar-refractivity contribution < 1.29 is 0 Å². The lowest BCUT2D eigenvalue weighted by Crippen LogP contribution is -1.95. The Morgan fingerprint density at radius 1 is 0.108 bits per heavy atom. The fourth-order valence-electron chi connectivity index (χ4n) is 21.0. The van der Waals surface area contributed by atoms with E-state index >= 15 is 0 Å². The number of fused-ring (bicyclic) bond motifs is 24. The van der Waals surface area contributed by atoms with Gasteiger partial charge in [-0.25, -0.2) is 0 Å². The minimum Gasteiger partial charge on any atom is -0.316 e. The van der Waals surface area contributed by atoms with Gasteiger partial charge in [-0.2, -0.15) is 0 Å². The van der Waals surface area contributed by atoms with E-state index in [-0.39, 0.29) is 0 Å². The third kappa shape index (κ3) is 12.3. The molecule has 0 unspecified atom stereocenters. The summed E-state index contributed by atoms with van der Waals surface area (Å²) in [5, 5.41) is 29.3. The van der Waals surface area contributed by atoms with Gasteiger partial charge >= 0.3 is 0 Å². The van der Waals surface area contributed by atoms with Gasteiger partial charge in [-0.15, -0.1) is 0 Å². The van der Waals surface area contributed by atoms with E-state index in [2.05, 4.69) is 513 Å². The molecule has 6 nitrogen and oxygen atoms in total. The van der Waals surface area contributed by atoms with Gasteiger partial charge in [-0.05, 0) is 273 Å². The molecule has 0 saturated heterocycles. The first-order valence-corrected chi connectivity index (χ1v) is 44.7. The predicted octanol–water partition coefficient (Wildman–Crippen LogP) is 33.3. The maximum atomic E-state index is 2.43. The average Bonchev–Trinajstić information content (AvgIpc) is 1.63. The van der Waals surface area contributed by atoms with Crippen molar-refractivity contribution in [2.75, 3.05) is 0 Å². The molecule has 22 aromatic carbocycles. The van der Waals surface area contributed by atoms with Crippen LogP contribution in [-0.2, 0) is 0 Å². The summed E-state index contributed by atoms with van der Waals surface area (Å²) in [6, 6.07) is 170. The molecule has 0 spiro atoms. The molecule has 28 rings (SSSR count). The van der Waals surface area contributed by atoms with Crippen LogP contribution in [0.25, 0.3) is 241 Å². The third-order valence-corrected chi connectivity index (χ3v) is 27.1. The molecule has 6 heteroatoms. The first-order chi connectivity index (χ1) is 64.4. The maximum absolute atomic E-state index is 2.43. The van der Waals surface area contributed by atoms with E-state index in [0.717, 1.165) is 17.1 Å². The lowest BCUT2D eigenvalue weighted by molar-refractivity contribution is 1.12. The minimum atomic E-state index is 1.15. The highest BCUT2D eigenvalue weighted by molar-refractivity contribution is 6.27. The number of hydrogen-bond donors (Lipinski definition) is 0. The Balaban J connectivity index is 0.000000105. The van der Waals surface area contributed by atoms with Gasteiger partial charge < -0.3 is 27.4 Å². The zero-order chi connectivity index (χ0) is 85.4. The van der Waals surface area contributed by atoms with Gasteiger partial charge in [0.1, 0.15) is 0 Å². The number of rotatable bonds is 9. The van der Waals surface area contributed by atoms with E-state index in [1.165, 1.54) is 224 Å². The standard InChI is InChI=1S/C50H32N2.C40H26N2.C34H22N2/c1-3-12-33(13-4-1)35-22-24-42-43-25-23-36(30-46(43)41-19-8-7-18-40(41)45(42)29-35)34-14-11-17-39(28-34)52-48-21-10-9-20-44(48)47-31-37-26-27-51(49(37)32-50(47)52)38-15-5-2-6-16-38;1-2-9-32(10-3-1)41-23-22-31-25-37-36-12-6-7-13-38(36)42(40(37)26-39(31)41)33-19-16-27(17-20-33)29-18-21-35-30(24-29)15-14-28-8-4-5-11-34(28)35;1-2-9-26(10-3-1)35-19-18-25-21-31-30-12-6-7-13-32(30)36(34(31)22-33(25)35)27-16-17-29-24(20-27)15-14-23-8-4-5-11-28(23)29/h1-32H;1-26H;1-22H. The Morgan fingerprint density at radius 3 is 0.862 bits per heavy atom. The van der Waals surface area contributed by atoms with Gasteiger partial charge in [0.2, 0.25) is 0 Å². The highest BCUT2D eigenvalue weighted by Gasteiger charge is 2.22. The molecule has 6 heterocycles. The van der Waals surface area contributed by atoms with Crippen LogP contribution in [-0.4, -0.2) is 27.4 Å². The number of nitrogens with zero attached hydrogens (tertiary/aromatic N) is 6. The molecular weight excluding hydrogens is 1570 g/mol. The van der Waals surface area contributed by atoms with Crippen LogP contribution in [0, 0.1) is 0 Å². The van der Waals surface area contributed by atoms with Crippen LogP contribution in [0.1, 0.15) is 0 Å². The molecule has 606 valence electrons. The largest absolute Gasteiger partial charge is 0.316 e. The van der Waals surface area contributed by atoms with Crippen LogP contribution < -0.4 is 0 Å². The van der Waals surface area contributed by atoms with Crippen molar-refractivity contribution in [2.24, 2.45) is 0 Å². The summed E-state index contributed by atoms with van der Waals surface area (Å²) < 4.78 is 14.1. The number of hydrogen-bond acceptors (Lipinski definition) is 0. The maximum Gasteiger partial charge on any atom is 0.0562 e. The fourth-order valence-corrected chi connectivity index (χ4v) is 21.0. The van der Waals surface area contributed by atoms with Crippen LogP contribution >= 0.6 is 0 Å². The van der Waals surface area contributed by atoms with Crippen molar-refractivity contribution in [3.63, 3.8) is 0 Å². The molecule has 0 radical (unpaired) electrons. The highest BCUT2D eigenvalue weighted by atomic mass is 15.0. The van der Waals surface area contributed by atoms with Crippen LogP contribution in [0.3, 0.4) is 0 Å². The molecule has 0 atom stereocenters. The fraction of sp³-hybridized carbons (Fsp3) is 0. The summed E-state index contributed by atoms with van der Waals surface area (Å²) in [5.41, 5.74) is 25.2. The van der Waals surface area contributed by atoms with E-state index < -0.39 is 0 Å². The molecular formula is C124H80N6. The van der Waals surface area contributed by atoms with Gasteiger partial charge in [0.15, 0.2) is 0 Å². The summed E-state index contributed by atoms with van der Waals surface area (Å²) in [5.74, 6) is 0. The molecule has 0 amide bonds. The lowest BCUT2D eigenvalue weighted by atomic mass is 9.90. The monoisotopic (exact) mass is 1650 g/mol. The second-order valence-electron chi connectivity index (χ2n) is 34.4. The molecule has 0 N–H and O–H groups in total. The molecule has 130 heavy (non-hydrogen) atoms. The summed E-state index contributed by atoms with van der Waals surface area (Å²) in [7, 11) is 0. The zero-order valence-electron chi connectivity index (χ0n) is 70.9. The average molecular weight is 1650 g/mol. The van der Waals surface area contributed by atoms with Crippen LogP contribution in [0.2, 0.25) is 0 Å². The van der Waals surface area contributed by atoms with Gasteiger partial charge in [-0.1, -0.05) is 303 Å². The first kappa shape index (κ1) is 74.1. The Bertz CT molecular complexity index is 9390. The van der Waals surface area contributed by atoms with Crippen LogP contribution in [0.4, 0.5) is 0 Å². The molecule has 28 aromatic rings. The smallest absolute Gasteiger partial charge is 0.0562 e. The number of para-hydroxylation sites is 6.